The Labute approximate surface area is 115 Å². The normalized spacial score (nSPS) is 10.3. The number of hydrogen-bond donors (Lipinski definition) is 1. The van der Waals surface area contributed by atoms with Crippen LogP contribution in [-0.2, 0) is 0 Å². The Bertz CT molecular complexity index is 645. The van der Waals surface area contributed by atoms with Crippen LogP contribution in [0.15, 0.2) is 23.0 Å². The van der Waals surface area contributed by atoms with Gasteiger partial charge >= 0.3 is 0 Å². The molecule has 6 heteroatoms. The van der Waals surface area contributed by atoms with Crippen LogP contribution in [0.4, 0.5) is 0 Å². The van der Waals surface area contributed by atoms with Gasteiger partial charge in [-0.05, 0) is 19.1 Å². The molecule has 0 saturated heterocycles. The van der Waals surface area contributed by atoms with Gasteiger partial charge in [0.2, 0.25) is 0 Å². The lowest BCUT2D eigenvalue weighted by atomic mass is 10.1. The summed E-state index contributed by atoms with van der Waals surface area (Å²) in [6.07, 6.45) is 0. The zero-order valence-corrected chi connectivity index (χ0v) is 11.5. The molecule has 0 atom stereocenters. The fraction of sp³-hybridized carbons (Fsp3) is 0.231. The minimum absolute atomic E-state index is 0.0425. The van der Waals surface area contributed by atoms with Crippen molar-refractivity contribution in [1.82, 2.24) is 9.97 Å². The van der Waals surface area contributed by atoms with E-state index in [4.69, 9.17) is 21.1 Å². The summed E-state index contributed by atoms with van der Waals surface area (Å²) in [6, 6.07) is 5.22. The van der Waals surface area contributed by atoms with Crippen molar-refractivity contribution in [1.29, 1.82) is 0 Å². The van der Waals surface area contributed by atoms with Crippen LogP contribution >= 0.6 is 11.6 Å². The van der Waals surface area contributed by atoms with Gasteiger partial charge in [0.25, 0.3) is 5.56 Å². The molecule has 0 spiro atoms. The fourth-order valence-corrected chi connectivity index (χ4v) is 1.91. The Morgan fingerprint density at radius 3 is 2.26 bits per heavy atom. The van der Waals surface area contributed by atoms with E-state index in [-0.39, 0.29) is 10.6 Å². The van der Waals surface area contributed by atoms with Gasteiger partial charge in [-0.15, -0.1) is 0 Å². The zero-order valence-electron chi connectivity index (χ0n) is 10.8. The second-order valence-electron chi connectivity index (χ2n) is 3.92. The molecule has 0 unspecified atom stereocenters. The monoisotopic (exact) mass is 280 g/mol. The van der Waals surface area contributed by atoms with Crippen LogP contribution in [0.25, 0.3) is 11.3 Å². The molecule has 0 saturated carbocycles. The molecule has 0 radical (unpaired) electrons. The highest BCUT2D eigenvalue weighted by atomic mass is 35.5. The number of nitrogens with zero attached hydrogens (tertiary/aromatic N) is 1. The highest BCUT2D eigenvalue weighted by molar-refractivity contribution is 6.32. The highest BCUT2D eigenvalue weighted by Gasteiger charge is 2.12. The van der Waals surface area contributed by atoms with Crippen molar-refractivity contribution >= 4 is 11.6 Å². The standard InChI is InChI=1S/C13H13ClN2O3/c1-7-15-12(11(14)13(17)16-7)8-4-9(18-2)6-10(5-8)19-3/h4-6H,1-3H3,(H,15,16,17). The minimum Gasteiger partial charge on any atom is -0.497 e. The molecule has 0 bridgehead atoms. The Kier molecular flexibility index (Phi) is 3.76. The zero-order chi connectivity index (χ0) is 14.0. The van der Waals surface area contributed by atoms with E-state index in [1.165, 1.54) is 0 Å². The fourth-order valence-electron chi connectivity index (χ4n) is 1.71. The average molecular weight is 281 g/mol. The van der Waals surface area contributed by atoms with Gasteiger partial charge in [0, 0.05) is 11.6 Å². The molecule has 19 heavy (non-hydrogen) atoms. The van der Waals surface area contributed by atoms with E-state index in [0.717, 1.165) is 0 Å². The molecule has 0 aliphatic carbocycles. The van der Waals surface area contributed by atoms with Gasteiger partial charge in [-0.2, -0.15) is 0 Å². The second-order valence-corrected chi connectivity index (χ2v) is 4.29. The third kappa shape index (κ3) is 2.71. The van der Waals surface area contributed by atoms with Crippen molar-refractivity contribution in [2.45, 2.75) is 6.92 Å². The van der Waals surface area contributed by atoms with Crippen molar-refractivity contribution < 1.29 is 9.47 Å². The number of halogens is 1. The largest absolute Gasteiger partial charge is 0.497 e. The van der Waals surface area contributed by atoms with Crippen LogP contribution in [0.1, 0.15) is 5.82 Å². The van der Waals surface area contributed by atoms with Crippen molar-refractivity contribution in [3.63, 3.8) is 0 Å². The Morgan fingerprint density at radius 1 is 1.16 bits per heavy atom. The number of nitrogens with one attached hydrogen (secondary N) is 1. The summed E-state index contributed by atoms with van der Waals surface area (Å²) in [5, 5.41) is 0.0425. The maximum Gasteiger partial charge on any atom is 0.270 e. The Morgan fingerprint density at radius 2 is 1.74 bits per heavy atom. The van der Waals surface area contributed by atoms with Crippen LogP contribution in [0.3, 0.4) is 0 Å². The molecule has 5 nitrogen and oxygen atoms in total. The maximum atomic E-state index is 11.7. The van der Waals surface area contributed by atoms with Gasteiger partial charge < -0.3 is 14.5 Å². The SMILES string of the molecule is COc1cc(OC)cc(-c2nc(C)[nH]c(=O)c2Cl)c1. The van der Waals surface area contributed by atoms with Crippen molar-refractivity contribution in [2.24, 2.45) is 0 Å². The number of H-pyrrole nitrogens is 1. The third-order valence-electron chi connectivity index (χ3n) is 2.61. The summed E-state index contributed by atoms with van der Waals surface area (Å²) >= 11 is 6.00. The van der Waals surface area contributed by atoms with Gasteiger partial charge in [0.1, 0.15) is 22.3 Å². The molecule has 1 aromatic carbocycles. The molecule has 100 valence electrons. The first-order valence-electron chi connectivity index (χ1n) is 5.55. The summed E-state index contributed by atoms with van der Waals surface area (Å²) in [4.78, 5) is 18.5. The van der Waals surface area contributed by atoms with Crippen molar-refractivity contribution in [3.05, 3.63) is 39.4 Å². The highest BCUT2D eigenvalue weighted by Crippen LogP contribution is 2.31. The van der Waals surface area contributed by atoms with Gasteiger partial charge in [0.15, 0.2) is 0 Å². The molecule has 2 aromatic rings. The number of hydrogen-bond acceptors (Lipinski definition) is 4. The molecule has 1 N–H and O–H groups in total. The summed E-state index contributed by atoms with van der Waals surface area (Å²) in [6.45, 7) is 1.69. The van der Waals surface area contributed by atoms with Gasteiger partial charge in [-0.3, -0.25) is 4.79 Å². The molecular weight excluding hydrogens is 268 g/mol. The van der Waals surface area contributed by atoms with E-state index in [9.17, 15) is 4.79 Å². The maximum absolute atomic E-state index is 11.7. The van der Waals surface area contributed by atoms with E-state index in [1.54, 1.807) is 39.3 Å². The number of aromatic amines is 1. The number of rotatable bonds is 3. The first kappa shape index (κ1) is 13.4. The van der Waals surface area contributed by atoms with Gasteiger partial charge in [-0.1, -0.05) is 11.6 Å². The van der Waals surface area contributed by atoms with Crippen LogP contribution < -0.4 is 15.0 Å². The number of aromatic nitrogens is 2. The molecule has 0 aliphatic rings. The first-order valence-corrected chi connectivity index (χ1v) is 5.93. The predicted molar refractivity (Wildman–Crippen MR) is 73.1 cm³/mol. The van der Waals surface area contributed by atoms with E-state index in [1.807, 2.05) is 0 Å². The molecule has 2 rings (SSSR count). The summed E-state index contributed by atoms with van der Waals surface area (Å²) < 4.78 is 10.4. The summed E-state index contributed by atoms with van der Waals surface area (Å²) in [5.74, 6) is 1.70. The molecule has 0 aliphatic heterocycles. The van der Waals surface area contributed by atoms with Crippen molar-refractivity contribution in [2.75, 3.05) is 14.2 Å². The van der Waals surface area contributed by atoms with Crippen LogP contribution in [-0.4, -0.2) is 24.2 Å². The number of methoxy groups -OCH3 is 2. The van der Waals surface area contributed by atoms with Crippen LogP contribution in [0, 0.1) is 6.92 Å². The van der Waals surface area contributed by atoms with Crippen LogP contribution in [0.5, 0.6) is 11.5 Å². The summed E-state index contributed by atoms with van der Waals surface area (Å²) in [7, 11) is 3.10. The van der Waals surface area contributed by atoms with E-state index in [2.05, 4.69) is 9.97 Å². The lowest BCUT2D eigenvalue weighted by Gasteiger charge is -2.09. The Balaban J connectivity index is 2.67. The van der Waals surface area contributed by atoms with Crippen LogP contribution in [0.2, 0.25) is 5.02 Å². The van der Waals surface area contributed by atoms with Gasteiger partial charge in [-0.25, -0.2) is 4.98 Å². The lowest BCUT2D eigenvalue weighted by molar-refractivity contribution is 0.394. The third-order valence-corrected chi connectivity index (χ3v) is 2.96. The average Bonchev–Trinajstić information content (AvgIpc) is 2.42. The summed E-state index contributed by atoms with van der Waals surface area (Å²) in [5.41, 5.74) is 0.696. The quantitative estimate of drug-likeness (QED) is 0.938. The number of ether oxygens (including phenoxy) is 2. The lowest BCUT2D eigenvalue weighted by Crippen LogP contribution is -2.11. The number of benzene rings is 1. The second kappa shape index (κ2) is 5.32. The van der Waals surface area contributed by atoms with E-state index in [0.29, 0.717) is 28.6 Å². The number of aryl methyl sites for hydroxylation is 1. The molecule has 0 amide bonds. The molecule has 0 fully saturated rings. The van der Waals surface area contributed by atoms with Gasteiger partial charge in [0.05, 0.1) is 19.9 Å². The minimum atomic E-state index is -0.369. The van der Waals surface area contributed by atoms with Crippen molar-refractivity contribution in [3.8, 4) is 22.8 Å². The molecule has 1 heterocycles. The molecular formula is C13H13ClN2O3. The topological polar surface area (TPSA) is 64.2 Å². The van der Waals surface area contributed by atoms with E-state index >= 15 is 0 Å². The Hall–Kier alpha value is -2.01. The smallest absolute Gasteiger partial charge is 0.270 e. The predicted octanol–water partition coefficient (Wildman–Crippen LogP) is 2.42. The molecule has 1 aromatic heterocycles. The first-order chi connectivity index (χ1) is 9.05. The van der Waals surface area contributed by atoms with E-state index < -0.39 is 0 Å².